The van der Waals surface area contributed by atoms with Gasteiger partial charge in [0.05, 0.1) is 18.2 Å². The Morgan fingerprint density at radius 1 is 0.815 bits per heavy atom. The molecule has 0 bridgehead atoms. The third-order valence-electron chi connectivity index (χ3n) is 12.5. The predicted molar refractivity (Wildman–Crippen MR) is 249 cm³/mol. The van der Waals surface area contributed by atoms with E-state index in [2.05, 4.69) is 44.8 Å². The number of phenols is 1. The highest BCUT2D eigenvalue weighted by Crippen LogP contribution is 2.34. The number of aliphatic hydroxyl groups is 2. The van der Waals surface area contributed by atoms with Crippen LogP contribution in [0.2, 0.25) is 0 Å². The molecule has 6 N–H and O–H groups in total. The highest BCUT2D eigenvalue weighted by atomic mass is 16.5. The number of anilines is 1. The largest absolute Gasteiger partial charge is 0.506 e. The Labute approximate surface area is 378 Å². The van der Waals surface area contributed by atoms with Gasteiger partial charge in [0.2, 0.25) is 11.2 Å². The van der Waals surface area contributed by atoms with Crippen molar-refractivity contribution in [1.82, 2.24) is 20.1 Å². The number of carbonyl (C=O) groups is 2. The molecule has 13 heteroatoms. The number of piperidine rings is 2. The number of hydrogen-bond donors (Lipinski definition) is 6. The standard InChI is InChI=1S/C52H57N5O8/c58-46-22-20-44(45-21-23-48(60)55-50(45)46)47(59)31-53-30-36-16-18-41(19-17-36)54-42-14-8-26-57(33-42)49(61)35-64-43-15-7-13-40(29-43)52(63,39-11-5-2-6-12-39)51(62)65-34-38-24-27-56(28-25-38)32-37-9-3-1-4-10-37/h1-7,9-13,15-23,29,38,42,47,53-54,58-59,63H,8,14,24-28,30-35H2,(H,55,60)/t42-,47+,52+/m1/s1. The van der Waals surface area contributed by atoms with Crippen LogP contribution in [-0.2, 0) is 33.0 Å². The molecule has 0 aliphatic carbocycles. The number of nitrogens with one attached hydrogen (secondary N) is 3. The van der Waals surface area contributed by atoms with E-state index in [1.165, 1.54) is 17.7 Å². The first-order valence-electron chi connectivity index (χ1n) is 22.4. The van der Waals surface area contributed by atoms with Gasteiger partial charge in [0.1, 0.15) is 11.5 Å². The molecule has 0 spiro atoms. The van der Waals surface area contributed by atoms with Crippen molar-refractivity contribution in [3.8, 4) is 11.5 Å². The highest BCUT2D eigenvalue weighted by molar-refractivity contribution is 5.87. The average molecular weight is 880 g/mol. The fourth-order valence-corrected chi connectivity index (χ4v) is 8.87. The second-order valence-electron chi connectivity index (χ2n) is 17.1. The van der Waals surface area contributed by atoms with E-state index in [9.17, 15) is 29.7 Å². The minimum Gasteiger partial charge on any atom is -0.506 e. The van der Waals surface area contributed by atoms with Gasteiger partial charge in [-0.1, -0.05) is 91.0 Å². The number of aromatic nitrogens is 1. The van der Waals surface area contributed by atoms with Gasteiger partial charge in [-0.3, -0.25) is 14.5 Å². The lowest BCUT2D eigenvalue weighted by molar-refractivity contribution is -0.164. The van der Waals surface area contributed by atoms with Crippen molar-refractivity contribution in [2.75, 3.05) is 51.3 Å². The van der Waals surface area contributed by atoms with E-state index in [4.69, 9.17) is 9.47 Å². The SMILES string of the molecule is O=C(COc1cccc([C@](O)(C(=O)OCC2CCN(Cc3ccccc3)CC2)c2ccccc2)c1)N1CCC[C@@H](Nc2ccc(CNC[C@H](O)c3ccc(O)c4[nH]c(=O)ccc34)cc2)C1. The minimum absolute atomic E-state index is 0.0407. The van der Waals surface area contributed by atoms with E-state index in [0.717, 1.165) is 56.6 Å². The molecule has 338 valence electrons. The van der Waals surface area contributed by atoms with Crippen molar-refractivity contribution < 1.29 is 34.4 Å². The van der Waals surface area contributed by atoms with Crippen molar-refractivity contribution in [2.24, 2.45) is 5.92 Å². The molecule has 6 aromatic rings. The van der Waals surface area contributed by atoms with Gasteiger partial charge in [-0.05, 0) is 103 Å². The molecule has 1 amide bonds. The number of pyridine rings is 1. The fourth-order valence-electron chi connectivity index (χ4n) is 8.87. The summed E-state index contributed by atoms with van der Waals surface area (Å²) < 4.78 is 11.9. The Kier molecular flexibility index (Phi) is 14.6. The molecule has 3 atom stereocenters. The maximum absolute atomic E-state index is 13.9. The van der Waals surface area contributed by atoms with E-state index in [0.29, 0.717) is 53.0 Å². The molecule has 13 nitrogen and oxygen atoms in total. The van der Waals surface area contributed by atoms with Crippen LogP contribution in [0.1, 0.15) is 59.6 Å². The number of amides is 1. The number of rotatable bonds is 17. The van der Waals surface area contributed by atoms with Gasteiger partial charge in [0, 0.05) is 61.5 Å². The van der Waals surface area contributed by atoms with Crippen molar-refractivity contribution in [2.45, 2.75) is 56.5 Å². The first kappa shape index (κ1) is 45.1. The van der Waals surface area contributed by atoms with Gasteiger partial charge in [0.25, 0.3) is 5.91 Å². The monoisotopic (exact) mass is 879 g/mol. The first-order valence-corrected chi connectivity index (χ1v) is 22.4. The Balaban J connectivity index is 0.811. The second-order valence-corrected chi connectivity index (χ2v) is 17.1. The topological polar surface area (TPSA) is 177 Å². The fraction of sp³-hybridized carbons (Fsp3) is 0.327. The van der Waals surface area contributed by atoms with Crippen molar-refractivity contribution >= 4 is 28.5 Å². The zero-order valence-corrected chi connectivity index (χ0v) is 36.4. The van der Waals surface area contributed by atoms with E-state index in [1.54, 1.807) is 65.6 Å². The van der Waals surface area contributed by atoms with Crippen LogP contribution in [0, 0.1) is 5.92 Å². The third kappa shape index (κ3) is 11.2. The van der Waals surface area contributed by atoms with Crippen LogP contribution in [0.25, 0.3) is 10.9 Å². The molecule has 5 aromatic carbocycles. The number of carbonyl (C=O) groups excluding carboxylic acids is 2. The number of benzene rings is 5. The van der Waals surface area contributed by atoms with Crippen LogP contribution in [0.3, 0.4) is 0 Å². The van der Waals surface area contributed by atoms with E-state index >= 15 is 0 Å². The van der Waals surface area contributed by atoms with Gasteiger partial charge in [0.15, 0.2) is 6.61 Å². The second kappa shape index (κ2) is 21.0. The molecule has 0 radical (unpaired) electrons. The van der Waals surface area contributed by atoms with E-state index in [-0.39, 0.29) is 48.9 Å². The molecule has 65 heavy (non-hydrogen) atoms. The lowest BCUT2D eigenvalue weighted by Gasteiger charge is -2.34. The summed E-state index contributed by atoms with van der Waals surface area (Å²) in [5.74, 6) is -0.422. The smallest absolute Gasteiger partial charge is 0.347 e. The van der Waals surface area contributed by atoms with Crippen LogP contribution < -0.4 is 20.9 Å². The average Bonchev–Trinajstić information content (AvgIpc) is 3.34. The lowest BCUT2D eigenvalue weighted by Crippen LogP contribution is -2.46. The molecule has 8 rings (SSSR count). The number of hydrogen-bond acceptors (Lipinski definition) is 11. The molecule has 2 aliphatic heterocycles. The molecular formula is C52H57N5O8. The van der Waals surface area contributed by atoms with Gasteiger partial charge in [-0.2, -0.15) is 0 Å². The zero-order chi connectivity index (χ0) is 45.2. The molecule has 2 fully saturated rings. The Hall–Kier alpha value is -6.51. The summed E-state index contributed by atoms with van der Waals surface area (Å²) in [5, 5.41) is 40.7. The summed E-state index contributed by atoms with van der Waals surface area (Å²) in [6, 6.07) is 40.0. The first-order chi connectivity index (χ1) is 31.6. The Bertz CT molecular complexity index is 2580. The number of aliphatic hydroxyl groups excluding tert-OH is 1. The summed E-state index contributed by atoms with van der Waals surface area (Å²) in [6.07, 6.45) is 2.65. The minimum atomic E-state index is -2.09. The molecule has 0 unspecified atom stereocenters. The van der Waals surface area contributed by atoms with Crippen LogP contribution >= 0.6 is 0 Å². The molecule has 0 saturated carbocycles. The maximum atomic E-state index is 13.9. The van der Waals surface area contributed by atoms with Gasteiger partial charge < -0.3 is 45.3 Å². The van der Waals surface area contributed by atoms with Crippen molar-refractivity contribution in [1.29, 1.82) is 0 Å². The van der Waals surface area contributed by atoms with Gasteiger partial charge in [-0.15, -0.1) is 0 Å². The predicted octanol–water partition coefficient (Wildman–Crippen LogP) is 6.23. The number of aromatic hydroxyl groups is 1. The molecule has 1 aromatic heterocycles. The lowest BCUT2D eigenvalue weighted by atomic mass is 9.86. The number of fused-ring (bicyclic) bond motifs is 1. The number of likely N-dealkylation sites (tertiary alicyclic amines) is 2. The summed E-state index contributed by atoms with van der Waals surface area (Å²) in [7, 11) is 0. The van der Waals surface area contributed by atoms with Crippen LogP contribution in [-0.4, -0.2) is 94.0 Å². The molecule has 3 heterocycles. The molecule has 2 saturated heterocycles. The van der Waals surface area contributed by atoms with Crippen molar-refractivity contribution in [3.05, 3.63) is 172 Å². The maximum Gasteiger partial charge on any atom is 0.347 e. The van der Waals surface area contributed by atoms with E-state index < -0.39 is 17.7 Å². The molecular weight excluding hydrogens is 823 g/mol. The Morgan fingerprint density at radius 3 is 2.32 bits per heavy atom. The Morgan fingerprint density at radius 2 is 1.55 bits per heavy atom. The number of H-pyrrole nitrogens is 1. The van der Waals surface area contributed by atoms with Crippen LogP contribution in [0.4, 0.5) is 5.69 Å². The zero-order valence-electron chi connectivity index (χ0n) is 36.4. The summed E-state index contributed by atoms with van der Waals surface area (Å²) in [6.45, 7) is 4.62. The number of aromatic amines is 1. The third-order valence-corrected chi connectivity index (χ3v) is 12.5. The van der Waals surface area contributed by atoms with Crippen LogP contribution in [0.5, 0.6) is 11.5 Å². The number of phenolic OH excluding ortho intramolecular Hbond substituents is 1. The van der Waals surface area contributed by atoms with Gasteiger partial charge >= 0.3 is 5.97 Å². The van der Waals surface area contributed by atoms with Crippen molar-refractivity contribution in [3.63, 3.8) is 0 Å². The van der Waals surface area contributed by atoms with E-state index in [1.807, 2.05) is 36.4 Å². The molecule has 2 aliphatic rings. The summed E-state index contributed by atoms with van der Waals surface area (Å²) in [4.78, 5) is 46.0. The quantitative estimate of drug-likeness (QED) is 0.0573. The van der Waals surface area contributed by atoms with Gasteiger partial charge in [-0.25, -0.2) is 4.79 Å². The number of esters is 1. The highest BCUT2D eigenvalue weighted by Gasteiger charge is 2.42. The summed E-state index contributed by atoms with van der Waals surface area (Å²) >= 11 is 0. The normalized spacial score (nSPS) is 17.3. The summed E-state index contributed by atoms with van der Waals surface area (Å²) in [5.41, 5.74) is 2.38. The number of ether oxygens (including phenoxy) is 2. The number of nitrogens with zero attached hydrogens (tertiary/aromatic N) is 2. The van der Waals surface area contributed by atoms with Crippen LogP contribution in [0.15, 0.2) is 138 Å².